The minimum absolute atomic E-state index is 0.152. The number of sulfonamides is 1. The molecule has 0 aliphatic rings. The summed E-state index contributed by atoms with van der Waals surface area (Å²) in [6.07, 6.45) is 0. The zero-order valence-corrected chi connectivity index (χ0v) is 11.4. The van der Waals surface area contributed by atoms with Crippen LogP contribution in [0.15, 0.2) is 29.2 Å². The lowest BCUT2D eigenvalue weighted by Crippen LogP contribution is -2.33. The molecule has 0 radical (unpaired) electrons. The molecule has 0 fully saturated rings. The highest BCUT2D eigenvalue weighted by atomic mass is 32.2. The number of nitrogens with zero attached hydrogens (tertiary/aromatic N) is 1. The molecule has 1 aromatic rings. The maximum absolute atomic E-state index is 12.3. The van der Waals surface area contributed by atoms with Crippen molar-refractivity contribution in [2.45, 2.75) is 18.7 Å². The van der Waals surface area contributed by atoms with E-state index < -0.39 is 10.0 Å². The zero-order chi connectivity index (χ0) is 13.1. The maximum atomic E-state index is 12.3. The van der Waals surface area contributed by atoms with Crippen LogP contribution in [0.1, 0.15) is 12.5 Å². The lowest BCUT2D eigenvalue weighted by Gasteiger charge is -2.21. The Bertz CT molecular complexity index is 471. The van der Waals surface area contributed by atoms with Crippen molar-refractivity contribution in [2.75, 3.05) is 20.1 Å². The quantitative estimate of drug-likeness (QED) is 0.861. The van der Waals surface area contributed by atoms with Crippen LogP contribution in [0, 0.1) is 12.8 Å². The number of rotatable bonds is 5. The van der Waals surface area contributed by atoms with E-state index in [1.54, 1.807) is 32.2 Å². The Morgan fingerprint density at radius 1 is 1.35 bits per heavy atom. The van der Waals surface area contributed by atoms with Gasteiger partial charge in [0.1, 0.15) is 0 Å². The second kappa shape index (κ2) is 5.62. The molecule has 96 valence electrons. The summed E-state index contributed by atoms with van der Waals surface area (Å²) in [6, 6.07) is 7.00. The highest BCUT2D eigenvalue weighted by Crippen LogP contribution is 2.18. The molecule has 1 aromatic carbocycles. The van der Waals surface area contributed by atoms with Crippen molar-refractivity contribution in [3.63, 3.8) is 0 Å². The van der Waals surface area contributed by atoms with E-state index in [4.69, 9.17) is 5.73 Å². The largest absolute Gasteiger partial charge is 0.330 e. The second-order valence-electron chi connectivity index (χ2n) is 4.39. The molecule has 4 nitrogen and oxygen atoms in total. The zero-order valence-electron chi connectivity index (χ0n) is 10.6. The van der Waals surface area contributed by atoms with Crippen LogP contribution in [0.25, 0.3) is 0 Å². The maximum Gasteiger partial charge on any atom is 0.243 e. The van der Waals surface area contributed by atoms with Gasteiger partial charge in [-0.2, -0.15) is 0 Å². The van der Waals surface area contributed by atoms with Crippen molar-refractivity contribution < 1.29 is 8.42 Å². The minimum Gasteiger partial charge on any atom is -0.330 e. The predicted molar refractivity (Wildman–Crippen MR) is 69.2 cm³/mol. The van der Waals surface area contributed by atoms with Crippen LogP contribution in [0.4, 0.5) is 0 Å². The van der Waals surface area contributed by atoms with Crippen LogP contribution in [-0.2, 0) is 10.0 Å². The van der Waals surface area contributed by atoms with Crippen molar-refractivity contribution in [1.29, 1.82) is 0 Å². The van der Waals surface area contributed by atoms with Gasteiger partial charge in [-0.25, -0.2) is 12.7 Å². The minimum atomic E-state index is -3.40. The molecular formula is C12H20N2O2S. The van der Waals surface area contributed by atoms with Gasteiger partial charge in [0.05, 0.1) is 4.90 Å². The molecule has 1 rings (SSSR count). The number of hydrogen-bond acceptors (Lipinski definition) is 3. The molecule has 0 spiro atoms. The summed E-state index contributed by atoms with van der Waals surface area (Å²) in [5.74, 6) is 0.152. The molecular weight excluding hydrogens is 236 g/mol. The lowest BCUT2D eigenvalue weighted by atomic mass is 10.2. The summed E-state index contributed by atoms with van der Waals surface area (Å²) in [5, 5.41) is 0. The van der Waals surface area contributed by atoms with Crippen LogP contribution >= 0.6 is 0 Å². The third-order valence-corrected chi connectivity index (χ3v) is 4.74. The first-order chi connectivity index (χ1) is 7.89. The summed E-state index contributed by atoms with van der Waals surface area (Å²) in [4.78, 5) is 0.367. The third kappa shape index (κ3) is 3.28. The Morgan fingerprint density at radius 2 is 1.94 bits per heavy atom. The molecule has 0 aliphatic heterocycles. The molecule has 0 saturated heterocycles. The average molecular weight is 256 g/mol. The normalized spacial score (nSPS) is 13.9. The van der Waals surface area contributed by atoms with Gasteiger partial charge in [0, 0.05) is 13.6 Å². The molecule has 2 N–H and O–H groups in total. The Morgan fingerprint density at radius 3 is 2.47 bits per heavy atom. The highest BCUT2D eigenvalue weighted by Gasteiger charge is 2.23. The molecule has 0 amide bonds. The fourth-order valence-electron chi connectivity index (χ4n) is 1.63. The molecule has 1 atom stereocenters. The summed E-state index contributed by atoms with van der Waals surface area (Å²) in [6.45, 7) is 4.65. The van der Waals surface area contributed by atoms with Crippen LogP contribution in [0.3, 0.4) is 0 Å². The first-order valence-corrected chi connectivity index (χ1v) is 7.05. The van der Waals surface area contributed by atoms with Gasteiger partial charge in [-0.15, -0.1) is 0 Å². The van der Waals surface area contributed by atoms with E-state index in [9.17, 15) is 8.42 Å². The van der Waals surface area contributed by atoms with Crippen molar-refractivity contribution in [3.8, 4) is 0 Å². The molecule has 5 heteroatoms. The van der Waals surface area contributed by atoms with Crippen LogP contribution in [0.5, 0.6) is 0 Å². The molecule has 0 aromatic heterocycles. The second-order valence-corrected chi connectivity index (χ2v) is 6.41. The van der Waals surface area contributed by atoms with Gasteiger partial charge in [-0.1, -0.05) is 25.1 Å². The smallest absolute Gasteiger partial charge is 0.243 e. The summed E-state index contributed by atoms with van der Waals surface area (Å²) >= 11 is 0. The van der Waals surface area contributed by atoms with Gasteiger partial charge in [0.2, 0.25) is 10.0 Å². The van der Waals surface area contributed by atoms with Gasteiger partial charge in [0.15, 0.2) is 0 Å². The predicted octanol–water partition coefficient (Wildman–Crippen LogP) is 1.21. The Hall–Kier alpha value is -0.910. The first-order valence-electron chi connectivity index (χ1n) is 5.61. The molecule has 0 heterocycles. The summed E-state index contributed by atoms with van der Waals surface area (Å²) in [5.41, 5.74) is 6.27. The molecule has 0 saturated carbocycles. The number of nitrogens with two attached hydrogens (primary N) is 1. The van der Waals surface area contributed by atoms with Crippen LogP contribution in [0.2, 0.25) is 0 Å². The lowest BCUT2D eigenvalue weighted by molar-refractivity contribution is 0.405. The average Bonchev–Trinajstić information content (AvgIpc) is 2.29. The molecule has 0 aliphatic carbocycles. The van der Waals surface area contributed by atoms with E-state index in [1.807, 2.05) is 13.0 Å². The van der Waals surface area contributed by atoms with E-state index in [2.05, 4.69) is 0 Å². The Kier molecular flexibility index (Phi) is 4.68. The van der Waals surface area contributed by atoms with E-state index in [1.165, 1.54) is 4.31 Å². The van der Waals surface area contributed by atoms with Crippen molar-refractivity contribution in [3.05, 3.63) is 29.8 Å². The van der Waals surface area contributed by atoms with Crippen molar-refractivity contribution in [1.82, 2.24) is 4.31 Å². The van der Waals surface area contributed by atoms with Gasteiger partial charge in [-0.3, -0.25) is 0 Å². The standard InChI is InChI=1S/C12H20N2O2S/c1-10(8-13)9-14(3)17(15,16)12-7-5-4-6-11(12)2/h4-7,10H,8-9,13H2,1-3H3. The number of hydrogen-bond donors (Lipinski definition) is 1. The fraction of sp³-hybridized carbons (Fsp3) is 0.500. The van der Waals surface area contributed by atoms with Crippen molar-refractivity contribution >= 4 is 10.0 Å². The fourth-order valence-corrected chi connectivity index (χ4v) is 3.14. The Balaban J connectivity index is 3.00. The number of benzene rings is 1. The summed E-state index contributed by atoms with van der Waals surface area (Å²) < 4.78 is 25.9. The van der Waals surface area contributed by atoms with E-state index in [0.717, 1.165) is 5.56 Å². The van der Waals surface area contributed by atoms with Crippen molar-refractivity contribution in [2.24, 2.45) is 11.7 Å². The van der Waals surface area contributed by atoms with Crippen LogP contribution < -0.4 is 5.73 Å². The third-order valence-electron chi connectivity index (χ3n) is 2.75. The van der Waals surface area contributed by atoms with Gasteiger partial charge >= 0.3 is 0 Å². The number of aryl methyl sites for hydroxylation is 1. The Labute approximate surface area is 103 Å². The first kappa shape index (κ1) is 14.2. The summed E-state index contributed by atoms with van der Waals surface area (Å²) in [7, 11) is -1.81. The molecule has 1 unspecified atom stereocenters. The topological polar surface area (TPSA) is 63.4 Å². The van der Waals surface area contributed by atoms with E-state index >= 15 is 0 Å². The van der Waals surface area contributed by atoms with Gasteiger partial charge in [0.25, 0.3) is 0 Å². The SMILES string of the molecule is Cc1ccccc1S(=O)(=O)N(C)CC(C)CN. The van der Waals surface area contributed by atoms with E-state index in [0.29, 0.717) is 18.0 Å². The van der Waals surface area contributed by atoms with Crippen LogP contribution in [-0.4, -0.2) is 32.9 Å². The molecule has 17 heavy (non-hydrogen) atoms. The highest BCUT2D eigenvalue weighted by molar-refractivity contribution is 7.89. The van der Waals surface area contributed by atoms with E-state index in [-0.39, 0.29) is 5.92 Å². The monoisotopic (exact) mass is 256 g/mol. The van der Waals surface area contributed by atoms with Gasteiger partial charge < -0.3 is 5.73 Å². The molecule has 0 bridgehead atoms. The van der Waals surface area contributed by atoms with Gasteiger partial charge in [-0.05, 0) is 31.0 Å².